The fourth-order valence-corrected chi connectivity index (χ4v) is 1.02. The van der Waals surface area contributed by atoms with Crippen molar-refractivity contribution in [2.45, 2.75) is 20.1 Å². The lowest BCUT2D eigenvalue weighted by atomic mass is 10.5. The van der Waals surface area contributed by atoms with Gasteiger partial charge in [0.25, 0.3) is 0 Å². The SMILES string of the molecule is CCn1cnc(Cl)c1CO. The second kappa shape index (κ2) is 3.03. The van der Waals surface area contributed by atoms with E-state index in [0.29, 0.717) is 10.8 Å². The number of nitrogens with zero attached hydrogens (tertiary/aromatic N) is 2. The zero-order valence-corrected chi connectivity index (χ0v) is 6.47. The largest absolute Gasteiger partial charge is 0.390 e. The maximum absolute atomic E-state index is 8.77. The molecule has 0 unspecified atom stereocenters. The van der Waals surface area contributed by atoms with E-state index in [2.05, 4.69) is 4.98 Å². The van der Waals surface area contributed by atoms with Crippen LogP contribution in [0.25, 0.3) is 0 Å². The first-order valence-corrected chi connectivity index (χ1v) is 3.47. The average Bonchev–Trinajstić information content (AvgIpc) is 2.30. The van der Waals surface area contributed by atoms with Crippen LogP contribution in [0.2, 0.25) is 5.15 Å². The van der Waals surface area contributed by atoms with Gasteiger partial charge in [-0.15, -0.1) is 0 Å². The van der Waals surface area contributed by atoms with Gasteiger partial charge >= 0.3 is 0 Å². The third-order valence-corrected chi connectivity index (χ3v) is 1.70. The van der Waals surface area contributed by atoms with Crippen LogP contribution in [-0.4, -0.2) is 14.7 Å². The Bertz CT molecular complexity index is 222. The molecule has 1 aromatic heterocycles. The van der Waals surface area contributed by atoms with E-state index in [0.717, 1.165) is 6.54 Å². The molecule has 0 fully saturated rings. The van der Waals surface area contributed by atoms with Gasteiger partial charge in [-0.1, -0.05) is 11.6 Å². The quantitative estimate of drug-likeness (QED) is 0.703. The zero-order valence-electron chi connectivity index (χ0n) is 5.71. The Morgan fingerprint density at radius 2 is 2.50 bits per heavy atom. The van der Waals surface area contributed by atoms with E-state index in [1.165, 1.54) is 0 Å². The van der Waals surface area contributed by atoms with Crippen LogP contribution < -0.4 is 0 Å². The van der Waals surface area contributed by atoms with Gasteiger partial charge in [-0.3, -0.25) is 0 Å². The second-order valence-electron chi connectivity index (χ2n) is 1.93. The maximum atomic E-state index is 8.77. The summed E-state index contributed by atoms with van der Waals surface area (Å²) in [6.07, 6.45) is 1.62. The number of imidazole rings is 1. The lowest BCUT2D eigenvalue weighted by molar-refractivity contribution is 0.271. The van der Waals surface area contributed by atoms with Gasteiger partial charge in [0.15, 0.2) is 5.15 Å². The summed E-state index contributed by atoms with van der Waals surface area (Å²) in [7, 11) is 0. The number of hydrogen-bond donors (Lipinski definition) is 1. The molecule has 0 aromatic carbocycles. The summed E-state index contributed by atoms with van der Waals surface area (Å²) in [5.74, 6) is 0. The molecule has 0 aliphatic carbocycles. The Balaban J connectivity index is 3.01. The molecule has 1 aromatic rings. The summed E-state index contributed by atoms with van der Waals surface area (Å²) in [6.45, 7) is 2.71. The van der Waals surface area contributed by atoms with Gasteiger partial charge in [-0.05, 0) is 6.92 Å². The number of aliphatic hydroxyl groups is 1. The molecule has 1 rings (SSSR count). The summed E-state index contributed by atoms with van der Waals surface area (Å²) < 4.78 is 1.81. The van der Waals surface area contributed by atoms with Crippen molar-refractivity contribution in [3.05, 3.63) is 17.2 Å². The zero-order chi connectivity index (χ0) is 7.56. The van der Waals surface area contributed by atoms with E-state index in [9.17, 15) is 0 Å². The van der Waals surface area contributed by atoms with Crippen molar-refractivity contribution in [2.75, 3.05) is 0 Å². The van der Waals surface area contributed by atoms with Crippen LogP contribution in [0.5, 0.6) is 0 Å². The van der Waals surface area contributed by atoms with Crippen LogP contribution >= 0.6 is 11.6 Å². The minimum atomic E-state index is -0.0489. The Morgan fingerprint density at radius 1 is 1.80 bits per heavy atom. The van der Waals surface area contributed by atoms with Crippen molar-refractivity contribution in [2.24, 2.45) is 0 Å². The van der Waals surface area contributed by atoms with Crippen LogP contribution in [0.4, 0.5) is 0 Å². The van der Waals surface area contributed by atoms with Crippen molar-refractivity contribution in [1.29, 1.82) is 0 Å². The second-order valence-corrected chi connectivity index (χ2v) is 2.28. The van der Waals surface area contributed by atoms with Crippen molar-refractivity contribution < 1.29 is 5.11 Å². The van der Waals surface area contributed by atoms with Crippen LogP contribution in [-0.2, 0) is 13.2 Å². The van der Waals surface area contributed by atoms with Gasteiger partial charge in [0.2, 0.25) is 0 Å². The number of aliphatic hydroxyl groups excluding tert-OH is 1. The number of rotatable bonds is 2. The van der Waals surface area contributed by atoms with Gasteiger partial charge in [0, 0.05) is 6.54 Å². The van der Waals surface area contributed by atoms with E-state index in [1.54, 1.807) is 6.33 Å². The monoisotopic (exact) mass is 160 g/mol. The van der Waals surface area contributed by atoms with Crippen molar-refractivity contribution >= 4 is 11.6 Å². The van der Waals surface area contributed by atoms with Gasteiger partial charge < -0.3 is 9.67 Å². The van der Waals surface area contributed by atoms with Gasteiger partial charge in [-0.2, -0.15) is 0 Å². The minimum absolute atomic E-state index is 0.0489. The predicted octanol–water partition coefficient (Wildman–Crippen LogP) is 1.05. The highest BCUT2D eigenvalue weighted by Crippen LogP contribution is 2.12. The molecule has 3 nitrogen and oxygen atoms in total. The lowest BCUT2D eigenvalue weighted by Crippen LogP contribution is -1.98. The highest BCUT2D eigenvalue weighted by atomic mass is 35.5. The molecule has 10 heavy (non-hydrogen) atoms. The molecule has 0 amide bonds. The molecule has 56 valence electrons. The minimum Gasteiger partial charge on any atom is -0.390 e. The van der Waals surface area contributed by atoms with E-state index in [1.807, 2.05) is 11.5 Å². The molecule has 1 heterocycles. The maximum Gasteiger partial charge on any atom is 0.152 e. The molecule has 1 N–H and O–H groups in total. The first kappa shape index (κ1) is 7.57. The molecule has 0 saturated carbocycles. The molecule has 0 aliphatic rings. The number of aryl methyl sites for hydroxylation is 1. The van der Waals surface area contributed by atoms with Crippen LogP contribution in [0.3, 0.4) is 0 Å². The number of hydrogen-bond acceptors (Lipinski definition) is 2. The van der Waals surface area contributed by atoms with Gasteiger partial charge in [0.1, 0.15) is 0 Å². The third kappa shape index (κ3) is 1.15. The predicted molar refractivity (Wildman–Crippen MR) is 38.8 cm³/mol. The van der Waals surface area contributed by atoms with Crippen molar-refractivity contribution in [1.82, 2.24) is 9.55 Å². The summed E-state index contributed by atoms with van der Waals surface area (Å²) in [6, 6.07) is 0. The molecular weight excluding hydrogens is 152 g/mol. The Morgan fingerprint density at radius 3 is 2.90 bits per heavy atom. The molecule has 0 saturated heterocycles. The Labute approximate surface area is 64.3 Å². The number of aromatic nitrogens is 2. The summed E-state index contributed by atoms with van der Waals surface area (Å²) >= 11 is 5.63. The van der Waals surface area contributed by atoms with E-state index < -0.39 is 0 Å². The summed E-state index contributed by atoms with van der Waals surface area (Å²) in [5, 5.41) is 9.17. The molecule has 0 atom stereocenters. The highest BCUT2D eigenvalue weighted by Gasteiger charge is 2.04. The van der Waals surface area contributed by atoms with Crippen LogP contribution in [0.1, 0.15) is 12.6 Å². The third-order valence-electron chi connectivity index (χ3n) is 1.39. The number of halogens is 1. The van der Waals surface area contributed by atoms with Gasteiger partial charge in [-0.25, -0.2) is 4.98 Å². The van der Waals surface area contributed by atoms with E-state index >= 15 is 0 Å². The summed E-state index contributed by atoms with van der Waals surface area (Å²) in [4.78, 5) is 3.83. The Kier molecular flexibility index (Phi) is 2.29. The van der Waals surface area contributed by atoms with Crippen LogP contribution in [0, 0.1) is 0 Å². The lowest BCUT2D eigenvalue weighted by Gasteiger charge is -1.99. The fraction of sp³-hybridized carbons (Fsp3) is 0.500. The standard InChI is InChI=1S/C6H9ClN2O/c1-2-9-4-8-6(7)5(9)3-10/h4,10H,2-3H2,1H3. The molecule has 4 heteroatoms. The molecule has 0 spiro atoms. The molecular formula is C6H9ClN2O. The topological polar surface area (TPSA) is 38.0 Å². The van der Waals surface area contributed by atoms with Gasteiger partial charge in [0.05, 0.1) is 18.6 Å². The van der Waals surface area contributed by atoms with E-state index in [4.69, 9.17) is 16.7 Å². The summed E-state index contributed by atoms with van der Waals surface area (Å²) in [5.41, 5.74) is 0.684. The first-order valence-electron chi connectivity index (χ1n) is 3.10. The van der Waals surface area contributed by atoms with Crippen molar-refractivity contribution in [3.8, 4) is 0 Å². The smallest absolute Gasteiger partial charge is 0.152 e. The fourth-order valence-electron chi connectivity index (χ4n) is 0.812. The molecule has 0 bridgehead atoms. The molecule has 0 radical (unpaired) electrons. The first-order chi connectivity index (χ1) is 4.79. The Hall–Kier alpha value is -0.540. The highest BCUT2D eigenvalue weighted by molar-refractivity contribution is 6.30. The average molecular weight is 161 g/mol. The molecule has 0 aliphatic heterocycles. The van der Waals surface area contributed by atoms with E-state index in [-0.39, 0.29) is 6.61 Å². The van der Waals surface area contributed by atoms with Crippen molar-refractivity contribution in [3.63, 3.8) is 0 Å². The van der Waals surface area contributed by atoms with Crippen LogP contribution in [0.15, 0.2) is 6.33 Å². The normalized spacial score (nSPS) is 10.3.